The van der Waals surface area contributed by atoms with Crippen molar-refractivity contribution >= 4 is 6.03 Å². The van der Waals surface area contributed by atoms with E-state index < -0.39 is 30.8 Å². The van der Waals surface area contributed by atoms with Crippen LogP contribution in [-0.4, -0.2) is 46.9 Å². The van der Waals surface area contributed by atoms with Crippen LogP contribution >= 0.6 is 0 Å². The Kier molecular flexibility index (Phi) is 5.19. The molecule has 1 heterocycles. The number of carbonyl (C=O) groups is 1. The molecule has 7 heteroatoms. The molecular formula is C16H21F3N2O2. The van der Waals surface area contributed by atoms with Gasteiger partial charge in [-0.25, -0.2) is 4.79 Å². The number of nitrogens with zero attached hydrogens (tertiary/aromatic N) is 1. The lowest BCUT2D eigenvalue weighted by atomic mass is 10.0. The summed E-state index contributed by atoms with van der Waals surface area (Å²) in [4.78, 5) is 13.2. The Labute approximate surface area is 133 Å². The van der Waals surface area contributed by atoms with Gasteiger partial charge in [0.1, 0.15) is 0 Å². The number of likely N-dealkylation sites (tertiary alicyclic amines) is 1. The Morgan fingerprint density at radius 3 is 2.57 bits per heavy atom. The van der Waals surface area contributed by atoms with Crippen LogP contribution in [0.3, 0.4) is 0 Å². The predicted molar refractivity (Wildman–Crippen MR) is 80.0 cm³/mol. The van der Waals surface area contributed by atoms with E-state index in [0.29, 0.717) is 12.8 Å². The van der Waals surface area contributed by atoms with E-state index in [4.69, 9.17) is 0 Å². The minimum Gasteiger partial charge on any atom is -0.379 e. The van der Waals surface area contributed by atoms with Crippen molar-refractivity contribution in [3.63, 3.8) is 0 Å². The quantitative estimate of drug-likeness (QED) is 0.892. The number of hydrogen-bond acceptors (Lipinski definition) is 2. The smallest absolute Gasteiger partial charge is 0.379 e. The highest BCUT2D eigenvalue weighted by Crippen LogP contribution is 2.37. The topological polar surface area (TPSA) is 52.6 Å². The van der Waals surface area contributed by atoms with Gasteiger partial charge in [-0.15, -0.1) is 0 Å². The van der Waals surface area contributed by atoms with E-state index in [0.717, 1.165) is 10.5 Å². The Bertz CT molecular complexity index is 536. The zero-order chi connectivity index (χ0) is 17.1. The van der Waals surface area contributed by atoms with Gasteiger partial charge in [-0.2, -0.15) is 13.2 Å². The van der Waals surface area contributed by atoms with Crippen molar-refractivity contribution in [1.82, 2.24) is 10.2 Å². The first-order chi connectivity index (χ1) is 10.7. The highest BCUT2D eigenvalue weighted by atomic mass is 19.4. The summed E-state index contributed by atoms with van der Waals surface area (Å²) < 4.78 is 38.4. The second-order valence-electron chi connectivity index (χ2n) is 5.95. The van der Waals surface area contributed by atoms with Gasteiger partial charge in [-0.3, -0.25) is 0 Å². The molecule has 1 saturated heterocycles. The van der Waals surface area contributed by atoms with Gasteiger partial charge in [0, 0.05) is 19.0 Å². The molecule has 2 amide bonds. The molecule has 1 aliphatic heterocycles. The van der Waals surface area contributed by atoms with E-state index >= 15 is 0 Å². The largest absolute Gasteiger partial charge is 0.419 e. The number of aliphatic hydroxyl groups is 1. The van der Waals surface area contributed by atoms with Crippen LogP contribution < -0.4 is 5.32 Å². The molecule has 0 bridgehead atoms. The molecule has 0 unspecified atom stereocenters. The summed E-state index contributed by atoms with van der Waals surface area (Å²) in [5.41, 5.74) is -1.75. The number of alkyl halides is 3. The number of benzene rings is 1. The van der Waals surface area contributed by atoms with Crippen molar-refractivity contribution in [3.8, 4) is 0 Å². The molecule has 1 aliphatic rings. The standard InChI is InChI=1S/C16H21F3N2O2/c1-2-13(10-12-6-4-3-5-7-12)20-14(22)21-9-8-15(23,11-21)16(17,18)19/h3-7,13,23H,2,8-11H2,1H3,(H,20,22)/t13-,15+/m1/s1. The maximum absolute atomic E-state index is 12.8. The number of rotatable bonds is 4. The SMILES string of the molecule is CC[C@H](Cc1ccccc1)NC(=O)N1CC[C@@](O)(C(F)(F)F)C1. The van der Waals surface area contributed by atoms with Crippen LogP contribution in [0.5, 0.6) is 0 Å². The van der Waals surface area contributed by atoms with Gasteiger partial charge in [0.15, 0.2) is 5.60 Å². The monoisotopic (exact) mass is 330 g/mol. The maximum atomic E-state index is 12.8. The first-order valence-corrected chi connectivity index (χ1v) is 7.63. The summed E-state index contributed by atoms with van der Waals surface area (Å²) in [6, 6.07) is 8.84. The molecule has 2 N–H and O–H groups in total. The summed E-state index contributed by atoms with van der Waals surface area (Å²) in [6.45, 7) is 1.08. The average Bonchev–Trinajstić information content (AvgIpc) is 2.91. The van der Waals surface area contributed by atoms with Crippen LogP contribution in [0.4, 0.5) is 18.0 Å². The van der Waals surface area contributed by atoms with E-state index in [1.807, 2.05) is 37.3 Å². The van der Waals surface area contributed by atoms with Crippen LogP contribution in [0, 0.1) is 0 Å². The molecule has 2 rings (SSSR count). The highest BCUT2D eigenvalue weighted by molar-refractivity contribution is 5.75. The van der Waals surface area contributed by atoms with Crippen molar-refractivity contribution < 1.29 is 23.1 Å². The summed E-state index contributed by atoms with van der Waals surface area (Å²) in [6.07, 6.45) is -3.94. The lowest BCUT2D eigenvalue weighted by molar-refractivity contribution is -0.253. The van der Waals surface area contributed by atoms with Crippen molar-refractivity contribution in [2.24, 2.45) is 0 Å². The summed E-state index contributed by atoms with van der Waals surface area (Å²) in [5, 5.41) is 12.4. The molecule has 2 atom stereocenters. The predicted octanol–water partition coefficient (Wildman–Crippen LogP) is 2.72. The Morgan fingerprint density at radius 1 is 1.39 bits per heavy atom. The highest BCUT2D eigenvalue weighted by Gasteiger charge is 2.57. The van der Waals surface area contributed by atoms with E-state index in [-0.39, 0.29) is 12.6 Å². The second-order valence-corrected chi connectivity index (χ2v) is 5.95. The van der Waals surface area contributed by atoms with Crippen LogP contribution in [-0.2, 0) is 6.42 Å². The number of amides is 2. The van der Waals surface area contributed by atoms with Crippen molar-refractivity contribution in [3.05, 3.63) is 35.9 Å². The fourth-order valence-corrected chi connectivity index (χ4v) is 2.66. The second kappa shape index (κ2) is 6.78. The van der Waals surface area contributed by atoms with Gasteiger partial charge in [0.2, 0.25) is 0 Å². The Morgan fingerprint density at radius 2 is 2.04 bits per heavy atom. The van der Waals surface area contributed by atoms with E-state index in [2.05, 4.69) is 5.32 Å². The molecule has 0 spiro atoms. The third-order valence-corrected chi connectivity index (χ3v) is 4.21. The number of hydrogen-bond donors (Lipinski definition) is 2. The molecule has 0 radical (unpaired) electrons. The van der Waals surface area contributed by atoms with Gasteiger partial charge < -0.3 is 15.3 Å². The number of nitrogens with one attached hydrogen (secondary N) is 1. The molecule has 0 aromatic heterocycles. The van der Waals surface area contributed by atoms with Crippen LogP contribution in [0.25, 0.3) is 0 Å². The number of urea groups is 1. The van der Waals surface area contributed by atoms with Gasteiger partial charge in [-0.1, -0.05) is 37.3 Å². The fraction of sp³-hybridized carbons (Fsp3) is 0.562. The van der Waals surface area contributed by atoms with Crippen molar-refractivity contribution in [2.75, 3.05) is 13.1 Å². The lowest BCUT2D eigenvalue weighted by Gasteiger charge is -2.27. The van der Waals surface area contributed by atoms with Crippen LogP contribution in [0.15, 0.2) is 30.3 Å². The molecule has 4 nitrogen and oxygen atoms in total. The molecule has 1 aromatic carbocycles. The normalized spacial score (nSPS) is 22.9. The average molecular weight is 330 g/mol. The van der Waals surface area contributed by atoms with E-state index in [1.165, 1.54) is 0 Å². The van der Waals surface area contributed by atoms with Gasteiger partial charge in [0.05, 0.1) is 6.54 Å². The molecule has 0 aliphatic carbocycles. The minimum absolute atomic E-state index is 0.108. The summed E-state index contributed by atoms with van der Waals surface area (Å²) >= 11 is 0. The zero-order valence-electron chi connectivity index (χ0n) is 12.9. The zero-order valence-corrected chi connectivity index (χ0v) is 12.9. The summed E-state index contributed by atoms with van der Waals surface area (Å²) in [7, 11) is 0. The molecule has 128 valence electrons. The van der Waals surface area contributed by atoms with E-state index in [1.54, 1.807) is 0 Å². The fourth-order valence-electron chi connectivity index (χ4n) is 2.66. The number of β-amino-alcohol motifs (C(OH)–C–C–N with tert-alkyl or cyclic N) is 1. The van der Waals surface area contributed by atoms with Crippen LogP contribution in [0.1, 0.15) is 25.3 Å². The van der Waals surface area contributed by atoms with Crippen molar-refractivity contribution in [2.45, 2.75) is 44.0 Å². The molecular weight excluding hydrogens is 309 g/mol. The van der Waals surface area contributed by atoms with Gasteiger partial charge in [0.25, 0.3) is 0 Å². The first kappa shape index (κ1) is 17.6. The van der Waals surface area contributed by atoms with Gasteiger partial charge in [-0.05, 0) is 18.4 Å². The number of carbonyl (C=O) groups excluding carboxylic acids is 1. The lowest BCUT2D eigenvalue weighted by Crippen LogP contribution is -2.50. The molecule has 23 heavy (non-hydrogen) atoms. The molecule has 0 saturated carbocycles. The molecule has 1 aromatic rings. The van der Waals surface area contributed by atoms with E-state index in [9.17, 15) is 23.1 Å². The Hall–Kier alpha value is -1.76. The van der Waals surface area contributed by atoms with Gasteiger partial charge >= 0.3 is 12.2 Å². The third-order valence-electron chi connectivity index (χ3n) is 4.21. The van der Waals surface area contributed by atoms with Crippen LogP contribution in [0.2, 0.25) is 0 Å². The maximum Gasteiger partial charge on any atom is 0.419 e. The van der Waals surface area contributed by atoms with Crippen molar-refractivity contribution in [1.29, 1.82) is 0 Å². The minimum atomic E-state index is -4.73. The number of halogens is 3. The third kappa shape index (κ3) is 4.16. The Balaban J connectivity index is 1.93. The summed E-state index contributed by atoms with van der Waals surface area (Å²) in [5.74, 6) is 0. The molecule has 1 fully saturated rings. The first-order valence-electron chi connectivity index (χ1n) is 7.63.